The van der Waals surface area contributed by atoms with Crippen LogP contribution in [0, 0.1) is 0 Å². The fraction of sp³-hybridized carbons (Fsp3) is 0.913. The van der Waals surface area contributed by atoms with Gasteiger partial charge in [-0.3, -0.25) is 9.59 Å². The Bertz CT molecular complexity index is 313. The standard InChI is InChI=1S/C23H45NO3/c1-3-5-7-9-11-13-15-18-22(25)24-20-17-21-27-23(26)19-16-14-12-10-8-6-4-2/h3-21H2,1-2H3,(H,24,25). The summed E-state index contributed by atoms with van der Waals surface area (Å²) in [5.74, 6) is 0.0240. The number of hydrogen-bond acceptors (Lipinski definition) is 3. The fourth-order valence-electron chi connectivity index (χ4n) is 3.12. The first-order valence-corrected chi connectivity index (χ1v) is 11.6. The number of unbranched alkanes of at least 4 members (excludes halogenated alkanes) is 12. The molecule has 0 heterocycles. The number of carbonyl (C=O) groups excluding carboxylic acids is 2. The average Bonchev–Trinajstić information content (AvgIpc) is 2.66. The predicted molar refractivity (Wildman–Crippen MR) is 114 cm³/mol. The first kappa shape index (κ1) is 25.9. The normalized spacial score (nSPS) is 10.7. The number of amides is 1. The van der Waals surface area contributed by atoms with Gasteiger partial charge in [-0.1, -0.05) is 90.9 Å². The maximum atomic E-state index is 11.7. The predicted octanol–water partition coefficient (Wildman–Crippen LogP) is 6.32. The summed E-state index contributed by atoms with van der Waals surface area (Å²) in [6.45, 7) is 5.45. The molecule has 160 valence electrons. The molecule has 0 radical (unpaired) electrons. The van der Waals surface area contributed by atoms with Gasteiger partial charge < -0.3 is 10.1 Å². The summed E-state index contributed by atoms with van der Waals surface area (Å²) in [7, 11) is 0. The Morgan fingerprint density at radius 3 is 1.67 bits per heavy atom. The molecule has 0 aliphatic heterocycles. The van der Waals surface area contributed by atoms with Crippen LogP contribution in [0.2, 0.25) is 0 Å². The van der Waals surface area contributed by atoms with Crippen molar-refractivity contribution < 1.29 is 14.3 Å². The summed E-state index contributed by atoms with van der Waals surface area (Å²) < 4.78 is 5.22. The van der Waals surface area contributed by atoms with Crippen LogP contribution in [0.3, 0.4) is 0 Å². The van der Waals surface area contributed by atoms with Crippen molar-refractivity contribution in [3.63, 3.8) is 0 Å². The molecule has 0 bridgehead atoms. The summed E-state index contributed by atoms with van der Waals surface area (Å²) in [5.41, 5.74) is 0. The number of carbonyl (C=O) groups is 2. The number of ether oxygens (including phenoxy) is 1. The van der Waals surface area contributed by atoms with Crippen molar-refractivity contribution in [2.75, 3.05) is 13.2 Å². The third-order valence-corrected chi connectivity index (χ3v) is 4.90. The third-order valence-electron chi connectivity index (χ3n) is 4.90. The summed E-state index contributed by atoms with van der Waals surface area (Å²) in [6, 6.07) is 0. The van der Waals surface area contributed by atoms with E-state index in [0.717, 1.165) is 25.7 Å². The quantitative estimate of drug-likeness (QED) is 0.198. The highest BCUT2D eigenvalue weighted by molar-refractivity contribution is 5.75. The smallest absolute Gasteiger partial charge is 0.305 e. The van der Waals surface area contributed by atoms with Crippen LogP contribution < -0.4 is 5.32 Å². The van der Waals surface area contributed by atoms with Crippen molar-refractivity contribution in [2.24, 2.45) is 0 Å². The van der Waals surface area contributed by atoms with E-state index in [4.69, 9.17) is 4.74 Å². The number of rotatable bonds is 20. The van der Waals surface area contributed by atoms with E-state index in [9.17, 15) is 9.59 Å². The van der Waals surface area contributed by atoms with Crippen LogP contribution in [-0.4, -0.2) is 25.0 Å². The molecule has 1 amide bonds. The molecule has 27 heavy (non-hydrogen) atoms. The molecule has 0 aliphatic carbocycles. The SMILES string of the molecule is CCCCCCCCCC(=O)NCCCOC(=O)CCCCCCCCC. The van der Waals surface area contributed by atoms with Gasteiger partial charge in [0.05, 0.1) is 6.61 Å². The Morgan fingerprint density at radius 1 is 0.630 bits per heavy atom. The van der Waals surface area contributed by atoms with Gasteiger partial charge in [0.1, 0.15) is 0 Å². The van der Waals surface area contributed by atoms with Crippen molar-refractivity contribution in [1.29, 1.82) is 0 Å². The molecule has 1 N–H and O–H groups in total. The first-order chi connectivity index (χ1) is 13.2. The minimum absolute atomic E-state index is 0.0991. The van der Waals surface area contributed by atoms with Crippen molar-refractivity contribution in [3.05, 3.63) is 0 Å². The highest BCUT2D eigenvalue weighted by Gasteiger charge is 2.04. The molecule has 0 aromatic heterocycles. The van der Waals surface area contributed by atoms with Crippen LogP contribution in [0.5, 0.6) is 0 Å². The maximum absolute atomic E-state index is 11.7. The Balaban J connectivity index is 3.29. The molecular weight excluding hydrogens is 338 g/mol. The summed E-state index contributed by atoms with van der Waals surface area (Å²) in [4.78, 5) is 23.4. The van der Waals surface area contributed by atoms with Gasteiger partial charge in [-0.2, -0.15) is 0 Å². The molecule has 0 atom stereocenters. The van der Waals surface area contributed by atoms with Crippen LogP contribution in [0.15, 0.2) is 0 Å². The van der Waals surface area contributed by atoms with Gasteiger partial charge in [0.15, 0.2) is 0 Å². The van der Waals surface area contributed by atoms with Crippen molar-refractivity contribution in [1.82, 2.24) is 5.32 Å². The molecule has 0 aliphatic rings. The number of nitrogens with one attached hydrogen (secondary N) is 1. The largest absolute Gasteiger partial charge is 0.466 e. The van der Waals surface area contributed by atoms with E-state index >= 15 is 0 Å². The lowest BCUT2D eigenvalue weighted by Crippen LogP contribution is -2.25. The van der Waals surface area contributed by atoms with Crippen molar-refractivity contribution >= 4 is 11.9 Å². The zero-order valence-electron chi connectivity index (χ0n) is 18.2. The maximum Gasteiger partial charge on any atom is 0.305 e. The van der Waals surface area contributed by atoms with E-state index < -0.39 is 0 Å². The Labute approximate surface area is 168 Å². The van der Waals surface area contributed by atoms with Crippen LogP contribution in [0.4, 0.5) is 0 Å². The molecule has 0 rings (SSSR count). The first-order valence-electron chi connectivity index (χ1n) is 11.6. The van der Waals surface area contributed by atoms with Crippen LogP contribution >= 0.6 is 0 Å². The average molecular weight is 384 g/mol. The number of esters is 1. The van der Waals surface area contributed by atoms with Crippen LogP contribution in [-0.2, 0) is 14.3 Å². The molecule has 0 spiro atoms. The van der Waals surface area contributed by atoms with Gasteiger partial charge in [-0.25, -0.2) is 0 Å². The zero-order valence-corrected chi connectivity index (χ0v) is 18.2. The molecule has 0 saturated heterocycles. The van der Waals surface area contributed by atoms with E-state index in [1.165, 1.54) is 64.2 Å². The Hall–Kier alpha value is -1.06. The van der Waals surface area contributed by atoms with Gasteiger partial charge in [0.2, 0.25) is 5.91 Å². The lowest BCUT2D eigenvalue weighted by molar-refractivity contribution is -0.143. The second-order valence-electron chi connectivity index (χ2n) is 7.67. The van der Waals surface area contributed by atoms with E-state index in [-0.39, 0.29) is 11.9 Å². The lowest BCUT2D eigenvalue weighted by Gasteiger charge is -2.07. The van der Waals surface area contributed by atoms with Gasteiger partial charge >= 0.3 is 5.97 Å². The van der Waals surface area contributed by atoms with Gasteiger partial charge in [-0.15, -0.1) is 0 Å². The summed E-state index contributed by atoms with van der Waals surface area (Å²) in [6.07, 6.45) is 18.9. The fourth-order valence-corrected chi connectivity index (χ4v) is 3.12. The summed E-state index contributed by atoms with van der Waals surface area (Å²) in [5, 5.41) is 2.91. The Morgan fingerprint density at radius 2 is 1.11 bits per heavy atom. The topological polar surface area (TPSA) is 55.4 Å². The van der Waals surface area contributed by atoms with Crippen molar-refractivity contribution in [2.45, 2.75) is 123 Å². The van der Waals surface area contributed by atoms with E-state index in [1.807, 2.05) is 0 Å². The molecule has 4 nitrogen and oxygen atoms in total. The zero-order chi connectivity index (χ0) is 20.0. The van der Waals surface area contributed by atoms with Gasteiger partial charge in [0.25, 0.3) is 0 Å². The van der Waals surface area contributed by atoms with Crippen LogP contribution in [0.25, 0.3) is 0 Å². The second kappa shape index (κ2) is 21.2. The minimum Gasteiger partial charge on any atom is -0.466 e. The Kier molecular flexibility index (Phi) is 20.4. The highest BCUT2D eigenvalue weighted by atomic mass is 16.5. The van der Waals surface area contributed by atoms with E-state index in [0.29, 0.717) is 32.4 Å². The lowest BCUT2D eigenvalue weighted by atomic mass is 10.1. The number of hydrogen-bond donors (Lipinski definition) is 1. The second-order valence-corrected chi connectivity index (χ2v) is 7.67. The molecule has 0 aromatic rings. The molecular formula is C23H45NO3. The highest BCUT2D eigenvalue weighted by Crippen LogP contribution is 2.09. The third kappa shape index (κ3) is 21.1. The monoisotopic (exact) mass is 383 g/mol. The molecule has 0 fully saturated rings. The summed E-state index contributed by atoms with van der Waals surface area (Å²) >= 11 is 0. The molecule has 0 saturated carbocycles. The van der Waals surface area contributed by atoms with Crippen molar-refractivity contribution in [3.8, 4) is 0 Å². The molecule has 0 unspecified atom stereocenters. The van der Waals surface area contributed by atoms with E-state index in [2.05, 4.69) is 19.2 Å². The minimum atomic E-state index is -0.0991. The molecule has 4 heteroatoms. The van der Waals surface area contributed by atoms with E-state index in [1.54, 1.807) is 0 Å². The van der Waals surface area contributed by atoms with Gasteiger partial charge in [0, 0.05) is 19.4 Å². The van der Waals surface area contributed by atoms with Crippen LogP contribution in [0.1, 0.15) is 123 Å². The van der Waals surface area contributed by atoms with Gasteiger partial charge in [-0.05, 0) is 19.3 Å². The molecule has 0 aromatic carbocycles.